The highest BCUT2D eigenvalue weighted by atomic mass is 35.5. The fourth-order valence-electron chi connectivity index (χ4n) is 2.62. The Balaban J connectivity index is 0.00000312. The summed E-state index contributed by atoms with van der Waals surface area (Å²) in [7, 11) is 3.45. The molecule has 0 aliphatic rings. The minimum Gasteiger partial charge on any atom is -0.496 e. The van der Waals surface area contributed by atoms with Crippen molar-refractivity contribution < 1.29 is 9.53 Å². The van der Waals surface area contributed by atoms with Crippen LogP contribution in [0.25, 0.3) is 0 Å². The number of methoxy groups -OCH3 is 1. The van der Waals surface area contributed by atoms with Gasteiger partial charge in [-0.2, -0.15) is 0 Å². The zero-order chi connectivity index (χ0) is 17.5. The lowest BCUT2D eigenvalue weighted by Crippen LogP contribution is -2.37. The Labute approximate surface area is 160 Å². The minimum absolute atomic E-state index is 0. The molecule has 136 valence electrons. The first kappa shape index (κ1) is 21.3. The number of ether oxygens (including phenoxy) is 1. The summed E-state index contributed by atoms with van der Waals surface area (Å²) in [5.74, 6) is 0.513. The topological polar surface area (TPSA) is 50.4 Å². The van der Waals surface area contributed by atoms with Crippen LogP contribution < -0.4 is 15.4 Å². The second-order valence-corrected chi connectivity index (χ2v) is 6.07. The molecule has 2 atom stereocenters. The van der Waals surface area contributed by atoms with E-state index in [1.807, 2.05) is 62.5 Å². The van der Waals surface area contributed by atoms with Crippen molar-refractivity contribution in [2.75, 3.05) is 20.7 Å². The van der Waals surface area contributed by atoms with Crippen molar-refractivity contribution >= 4 is 29.9 Å². The number of hydrogen-bond donors (Lipinski definition) is 2. The van der Waals surface area contributed by atoms with Crippen LogP contribution >= 0.6 is 24.0 Å². The van der Waals surface area contributed by atoms with Crippen LogP contribution in [-0.2, 0) is 4.79 Å². The second kappa shape index (κ2) is 10.3. The molecular formula is C19H24Cl2N2O2. The predicted octanol–water partition coefficient (Wildman–Crippen LogP) is 3.83. The van der Waals surface area contributed by atoms with Crippen molar-refractivity contribution in [3.8, 4) is 5.75 Å². The van der Waals surface area contributed by atoms with Gasteiger partial charge in [-0.25, -0.2) is 0 Å². The maximum Gasteiger partial charge on any atom is 0.224 e. The molecule has 4 nitrogen and oxygen atoms in total. The van der Waals surface area contributed by atoms with Crippen LogP contribution in [0.2, 0.25) is 5.02 Å². The van der Waals surface area contributed by atoms with Gasteiger partial charge in [-0.1, -0.05) is 54.9 Å². The summed E-state index contributed by atoms with van der Waals surface area (Å²) >= 11 is 6.38. The molecule has 1 amide bonds. The maximum absolute atomic E-state index is 12.6. The Bertz CT molecular complexity index is 695. The lowest BCUT2D eigenvalue weighted by atomic mass is 9.96. The first-order chi connectivity index (χ1) is 11.6. The fraction of sp³-hybridized carbons (Fsp3) is 0.316. The highest BCUT2D eigenvalue weighted by Gasteiger charge is 2.24. The van der Waals surface area contributed by atoms with Gasteiger partial charge in [0.15, 0.2) is 0 Å². The summed E-state index contributed by atoms with van der Waals surface area (Å²) in [5, 5.41) is 6.74. The summed E-state index contributed by atoms with van der Waals surface area (Å²) in [5.41, 5.74) is 1.71. The molecule has 2 N–H and O–H groups in total. The molecule has 0 heterocycles. The van der Waals surface area contributed by atoms with E-state index in [4.69, 9.17) is 16.3 Å². The van der Waals surface area contributed by atoms with Crippen LogP contribution in [0.1, 0.15) is 24.1 Å². The number of carbonyl (C=O) groups is 1. The quantitative estimate of drug-likeness (QED) is 0.764. The molecule has 0 saturated carbocycles. The first-order valence-corrected chi connectivity index (χ1v) is 8.28. The number of nitrogens with one attached hydrogen (secondary N) is 2. The summed E-state index contributed by atoms with van der Waals surface area (Å²) in [4.78, 5) is 12.6. The Kier molecular flexibility index (Phi) is 8.76. The Morgan fingerprint density at radius 3 is 2.32 bits per heavy atom. The lowest BCUT2D eigenvalue weighted by molar-refractivity contribution is -0.124. The number of halogens is 2. The molecule has 0 aliphatic heterocycles. The van der Waals surface area contributed by atoms with Crippen molar-refractivity contribution in [2.45, 2.75) is 13.0 Å². The van der Waals surface area contributed by atoms with Crippen molar-refractivity contribution in [3.05, 3.63) is 64.7 Å². The van der Waals surface area contributed by atoms with Gasteiger partial charge in [0.2, 0.25) is 5.91 Å². The van der Waals surface area contributed by atoms with Crippen molar-refractivity contribution in [1.82, 2.24) is 10.6 Å². The number of hydrogen-bond acceptors (Lipinski definition) is 3. The van der Waals surface area contributed by atoms with Crippen LogP contribution in [0.15, 0.2) is 48.5 Å². The molecule has 25 heavy (non-hydrogen) atoms. The van der Waals surface area contributed by atoms with E-state index in [0.717, 1.165) is 11.1 Å². The zero-order valence-electron chi connectivity index (χ0n) is 14.6. The van der Waals surface area contributed by atoms with Gasteiger partial charge in [0.1, 0.15) is 5.75 Å². The highest BCUT2D eigenvalue weighted by molar-refractivity contribution is 6.31. The average molecular weight is 383 g/mol. The molecule has 0 aromatic heterocycles. The normalized spacial score (nSPS) is 12.6. The number of rotatable bonds is 7. The molecule has 2 rings (SSSR count). The highest BCUT2D eigenvalue weighted by Crippen LogP contribution is 2.33. The monoisotopic (exact) mass is 382 g/mol. The minimum atomic E-state index is -0.373. The molecule has 0 bridgehead atoms. The molecule has 0 radical (unpaired) electrons. The van der Waals surface area contributed by atoms with E-state index in [-0.39, 0.29) is 30.3 Å². The third-order valence-electron chi connectivity index (χ3n) is 3.91. The van der Waals surface area contributed by atoms with Gasteiger partial charge in [0, 0.05) is 23.0 Å². The van der Waals surface area contributed by atoms with Crippen LogP contribution in [-0.4, -0.2) is 26.6 Å². The molecule has 0 spiro atoms. The van der Waals surface area contributed by atoms with E-state index in [9.17, 15) is 4.79 Å². The summed E-state index contributed by atoms with van der Waals surface area (Å²) < 4.78 is 5.47. The van der Waals surface area contributed by atoms with E-state index in [1.165, 1.54) is 0 Å². The molecule has 2 aromatic carbocycles. The molecule has 2 aromatic rings. The summed E-state index contributed by atoms with van der Waals surface area (Å²) in [6, 6.07) is 14.8. The third-order valence-corrected chi connectivity index (χ3v) is 4.25. The van der Waals surface area contributed by atoms with Crippen molar-refractivity contribution in [2.24, 2.45) is 5.92 Å². The Morgan fingerprint density at radius 2 is 1.72 bits per heavy atom. The van der Waals surface area contributed by atoms with Crippen LogP contribution in [0, 0.1) is 5.92 Å². The van der Waals surface area contributed by atoms with Crippen molar-refractivity contribution in [3.63, 3.8) is 0 Å². The van der Waals surface area contributed by atoms with E-state index in [1.54, 1.807) is 7.11 Å². The lowest BCUT2D eigenvalue weighted by Gasteiger charge is -2.24. The van der Waals surface area contributed by atoms with E-state index in [0.29, 0.717) is 17.3 Å². The maximum atomic E-state index is 12.6. The Morgan fingerprint density at radius 1 is 1.12 bits per heavy atom. The van der Waals surface area contributed by atoms with Gasteiger partial charge in [0.25, 0.3) is 0 Å². The van der Waals surface area contributed by atoms with Gasteiger partial charge >= 0.3 is 0 Å². The molecule has 0 aliphatic carbocycles. The Hall–Kier alpha value is -1.75. The van der Waals surface area contributed by atoms with Crippen molar-refractivity contribution in [1.29, 1.82) is 0 Å². The largest absolute Gasteiger partial charge is 0.496 e. The van der Waals surface area contributed by atoms with E-state index in [2.05, 4.69) is 10.6 Å². The second-order valence-electron chi connectivity index (χ2n) is 5.66. The number of amides is 1. The number of para-hydroxylation sites is 1. The van der Waals surface area contributed by atoms with Gasteiger partial charge in [-0.15, -0.1) is 12.4 Å². The molecule has 0 fully saturated rings. The summed E-state index contributed by atoms with van der Waals surface area (Å²) in [6.45, 7) is 2.49. The predicted molar refractivity (Wildman–Crippen MR) is 105 cm³/mol. The third kappa shape index (κ3) is 5.36. The molecular weight excluding hydrogens is 359 g/mol. The summed E-state index contributed by atoms with van der Waals surface area (Å²) in [6.07, 6.45) is 0. The van der Waals surface area contributed by atoms with Gasteiger partial charge in [-0.3, -0.25) is 4.79 Å². The molecule has 6 heteroatoms. The molecule has 2 unspecified atom stereocenters. The fourth-order valence-corrected chi connectivity index (χ4v) is 2.87. The average Bonchev–Trinajstić information content (AvgIpc) is 2.60. The van der Waals surface area contributed by atoms with Gasteiger partial charge < -0.3 is 15.4 Å². The standard InChI is InChI=1S/C19H23ClN2O2.ClH/c1-13(12-21-2)19(23)22-18(14-8-4-6-10-16(14)20)15-9-5-7-11-17(15)24-3;/h4-11,13,18,21H,12H2,1-3H3,(H,22,23);1H. The zero-order valence-corrected chi connectivity index (χ0v) is 16.2. The van der Waals surface area contributed by atoms with Gasteiger partial charge in [-0.05, 0) is 24.7 Å². The van der Waals surface area contributed by atoms with Crippen LogP contribution in [0.5, 0.6) is 5.75 Å². The van der Waals surface area contributed by atoms with Crippen LogP contribution in [0.4, 0.5) is 0 Å². The van der Waals surface area contributed by atoms with E-state index >= 15 is 0 Å². The smallest absolute Gasteiger partial charge is 0.224 e. The number of benzene rings is 2. The SMILES string of the molecule is CNCC(C)C(=O)NC(c1ccccc1Cl)c1ccccc1OC.Cl. The van der Waals surface area contributed by atoms with E-state index < -0.39 is 0 Å². The number of carbonyl (C=O) groups excluding carboxylic acids is 1. The first-order valence-electron chi connectivity index (χ1n) is 7.90. The van der Waals surface area contributed by atoms with Gasteiger partial charge in [0.05, 0.1) is 13.2 Å². The molecule has 0 saturated heterocycles. The van der Waals surface area contributed by atoms with Crippen LogP contribution in [0.3, 0.4) is 0 Å².